The van der Waals surface area contributed by atoms with E-state index < -0.39 is 15.9 Å². The molecule has 2 rings (SSSR count). The first-order valence-corrected chi connectivity index (χ1v) is 10.8. The van der Waals surface area contributed by atoms with Crippen molar-refractivity contribution in [1.82, 2.24) is 14.5 Å². The lowest BCUT2D eigenvalue weighted by molar-refractivity contribution is -0.139. The minimum Gasteiger partial charge on any atom is -0.497 e. The number of ether oxygens (including phenoxy) is 1. The number of amides is 2. The molecule has 1 aliphatic heterocycles. The zero-order chi connectivity index (χ0) is 20.9. The molecule has 1 fully saturated rings. The largest absolute Gasteiger partial charge is 0.497 e. The quantitative estimate of drug-likeness (QED) is 0.724. The summed E-state index contributed by atoms with van der Waals surface area (Å²) in [4.78, 5) is 26.1. The molecule has 1 heterocycles. The molecule has 0 spiro atoms. The Bertz CT molecular complexity index is 792. The number of sulfonamides is 1. The van der Waals surface area contributed by atoms with E-state index in [-0.39, 0.29) is 35.8 Å². The van der Waals surface area contributed by atoms with E-state index in [2.05, 4.69) is 5.32 Å². The van der Waals surface area contributed by atoms with Crippen molar-refractivity contribution in [2.75, 3.05) is 33.8 Å². The van der Waals surface area contributed by atoms with Crippen LogP contribution in [0.4, 0.5) is 0 Å². The highest BCUT2D eigenvalue weighted by Gasteiger charge is 2.34. The van der Waals surface area contributed by atoms with Gasteiger partial charge in [0.2, 0.25) is 21.8 Å². The molecule has 0 radical (unpaired) electrons. The highest BCUT2D eigenvalue weighted by molar-refractivity contribution is 7.89. The molecule has 0 bridgehead atoms. The molecule has 0 saturated carbocycles. The smallest absolute Gasteiger partial charge is 0.243 e. The molecule has 1 aromatic carbocycles. The molecule has 0 aliphatic carbocycles. The number of methoxy groups -OCH3 is 1. The van der Waals surface area contributed by atoms with Crippen LogP contribution < -0.4 is 10.1 Å². The Morgan fingerprint density at radius 3 is 2.50 bits per heavy atom. The third-order valence-corrected chi connectivity index (χ3v) is 6.52. The normalized spacial score (nSPS) is 18.0. The summed E-state index contributed by atoms with van der Waals surface area (Å²) in [7, 11) is -0.606. The van der Waals surface area contributed by atoms with Crippen LogP contribution in [0, 0.1) is 5.92 Å². The summed E-state index contributed by atoms with van der Waals surface area (Å²) in [5, 5.41) is 2.75. The Morgan fingerprint density at radius 2 is 1.93 bits per heavy atom. The summed E-state index contributed by atoms with van der Waals surface area (Å²) in [5.74, 6) is -0.330. The van der Waals surface area contributed by atoms with Crippen LogP contribution in [0.3, 0.4) is 0 Å². The van der Waals surface area contributed by atoms with Gasteiger partial charge < -0.3 is 15.0 Å². The van der Waals surface area contributed by atoms with E-state index in [0.29, 0.717) is 25.1 Å². The number of nitrogens with one attached hydrogen (secondary N) is 1. The first-order valence-electron chi connectivity index (χ1n) is 9.33. The second-order valence-corrected chi connectivity index (χ2v) is 9.23. The molecule has 9 heteroatoms. The van der Waals surface area contributed by atoms with Crippen molar-refractivity contribution < 1.29 is 22.7 Å². The lowest BCUT2D eigenvalue weighted by Crippen LogP contribution is -2.48. The van der Waals surface area contributed by atoms with Crippen molar-refractivity contribution in [2.45, 2.75) is 37.6 Å². The molecule has 1 N–H and O–H groups in total. The zero-order valence-electron chi connectivity index (χ0n) is 16.8. The number of benzene rings is 1. The minimum atomic E-state index is -3.69. The number of carbonyl (C=O) groups is 2. The number of rotatable bonds is 7. The summed E-state index contributed by atoms with van der Waals surface area (Å²) in [5.41, 5.74) is 0. The van der Waals surface area contributed by atoms with Gasteiger partial charge in [0.05, 0.1) is 24.5 Å². The van der Waals surface area contributed by atoms with Crippen LogP contribution in [0.15, 0.2) is 29.2 Å². The van der Waals surface area contributed by atoms with Gasteiger partial charge in [0.1, 0.15) is 5.75 Å². The van der Waals surface area contributed by atoms with Crippen LogP contribution in [0.1, 0.15) is 26.7 Å². The number of hydrogen-bond acceptors (Lipinski definition) is 5. The summed E-state index contributed by atoms with van der Waals surface area (Å²) in [6, 6.07) is 6.20. The second kappa shape index (κ2) is 9.38. The number of likely N-dealkylation sites (N-methyl/N-ethyl adjacent to an activating group) is 1. The van der Waals surface area contributed by atoms with Gasteiger partial charge in [0.25, 0.3) is 0 Å². The summed E-state index contributed by atoms with van der Waals surface area (Å²) in [6.45, 7) is 4.14. The fourth-order valence-corrected chi connectivity index (χ4v) is 4.76. The standard InChI is InChI=1S/C19H29N3O5S/c1-14(2)20-18(23)13-21(3)19(24)15-6-5-11-22(12-15)28(25,26)17-9-7-16(27-4)8-10-17/h7-10,14-15H,5-6,11-13H2,1-4H3,(H,20,23)/t15-/m0/s1. The first kappa shape index (κ1) is 22.2. The molecule has 1 atom stereocenters. The van der Waals surface area contributed by atoms with Gasteiger partial charge in [-0.3, -0.25) is 9.59 Å². The summed E-state index contributed by atoms with van der Waals surface area (Å²) >= 11 is 0. The van der Waals surface area contributed by atoms with Gasteiger partial charge >= 0.3 is 0 Å². The van der Waals surface area contributed by atoms with E-state index >= 15 is 0 Å². The van der Waals surface area contributed by atoms with Crippen molar-refractivity contribution >= 4 is 21.8 Å². The molecule has 1 aliphatic rings. The van der Waals surface area contributed by atoms with Crippen molar-refractivity contribution in [3.8, 4) is 5.75 Å². The molecular weight excluding hydrogens is 382 g/mol. The molecule has 0 aromatic heterocycles. The van der Waals surface area contributed by atoms with Crippen molar-refractivity contribution in [3.63, 3.8) is 0 Å². The van der Waals surface area contributed by atoms with Gasteiger partial charge in [-0.2, -0.15) is 4.31 Å². The number of nitrogens with zero attached hydrogens (tertiary/aromatic N) is 2. The zero-order valence-corrected chi connectivity index (χ0v) is 17.7. The number of hydrogen-bond donors (Lipinski definition) is 1. The Labute approximate surface area is 166 Å². The predicted molar refractivity (Wildman–Crippen MR) is 105 cm³/mol. The Kier molecular flexibility index (Phi) is 7.42. The highest BCUT2D eigenvalue weighted by atomic mass is 32.2. The van der Waals surface area contributed by atoms with E-state index in [1.165, 1.54) is 28.4 Å². The molecular formula is C19H29N3O5S. The van der Waals surface area contributed by atoms with Gasteiger partial charge in [-0.15, -0.1) is 0 Å². The summed E-state index contributed by atoms with van der Waals surface area (Å²) in [6.07, 6.45) is 1.20. The highest BCUT2D eigenvalue weighted by Crippen LogP contribution is 2.26. The number of piperidine rings is 1. The van der Waals surface area contributed by atoms with E-state index in [4.69, 9.17) is 4.74 Å². The average Bonchev–Trinajstić information content (AvgIpc) is 2.66. The molecule has 28 heavy (non-hydrogen) atoms. The van der Waals surface area contributed by atoms with Crippen LogP contribution in [-0.2, 0) is 19.6 Å². The van der Waals surface area contributed by atoms with Crippen molar-refractivity contribution in [1.29, 1.82) is 0 Å². The average molecular weight is 412 g/mol. The fraction of sp³-hybridized carbons (Fsp3) is 0.579. The Balaban J connectivity index is 2.05. The van der Waals surface area contributed by atoms with E-state index in [0.717, 1.165) is 0 Å². The van der Waals surface area contributed by atoms with Crippen LogP contribution in [-0.4, -0.2) is 69.3 Å². The topological polar surface area (TPSA) is 96.0 Å². The first-order chi connectivity index (χ1) is 13.1. The van der Waals surface area contributed by atoms with Crippen LogP contribution >= 0.6 is 0 Å². The van der Waals surface area contributed by atoms with Gasteiger partial charge in [-0.1, -0.05) is 0 Å². The Hall–Kier alpha value is -2.13. The monoisotopic (exact) mass is 411 g/mol. The second-order valence-electron chi connectivity index (χ2n) is 7.29. The maximum atomic E-state index is 12.9. The number of carbonyl (C=O) groups excluding carboxylic acids is 2. The van der Waals surface area contributed by atoms with E-state index in [1.807, 2.05) is 13.8 Å². The van der Waals surface area contributed by atoms with E-state index in [1.54, 1.807) is 19.2 Å². The van der Waals surface area contributed by atoms with Gasteiger partial charge in [-0.05, 0) is 51.0 Å². The molecule has 2 amide bonds. The third-order valence-electron chi connectivity index (χ3n) is 4.64. The maximum Gasteiger partial charge on any atom is 0.243 e. The molecule has 156 valence electrons. The van der Waals surface area contributed by atoms with Crippen LogP contribution in [0.2, 0.25) is 0 Å². The third kappa shape index (κ3) is 5.45. The SMILES string of the molecule is COc1ccc(S(=O)(=O)N2CCC[C@H](C(=O)N(C)CC(=O)NC(C)C)C2)cc1. The van der Waals surface area contributed by atoms with Gasteiger partial charge in [0, 0.05) is 26.2 Å². The predicted octanol–water partition coefficient (Wildman–Crippen LogP) is 1.08. The fourth-order valence-electron chi connectivity index (χ4n) is 3.23. The lowest BCUT2D eigenvalue weighted by atomic mass is 9.98. The maximum absolute atomic E-state index is 12.9. The molecule has 1 aromatic rings. The Morgan fingerprint density at radius 1 is 1.29 bits per heavy atom. The summed E-state index contributed by atoms with van der Waals surface area (Å²) < 4.78 is 32.3. The minimum absolute atomic E-state index is 0.00388. The van der Waals surface area contributed by atoms with Gasteiger partial charge in [-0.25, -0.2) is 8.42 Å². The van der Waals surface area contributed by atoms with Crippen LogP contribution in [0.5, 0.6) is 5.75 Å². The van der Waals surface area contributed by atoms with Crippen molar-refractivity contribution in [2.24, 2.45) is 5.92 Å². The molecule has 8 nitrogen and oxygen atoms in total. The van der Waals surface area contributed by atoms with Crippen molar-refractivity contribution in [3.05, 3.63) is 24.3 Å². The van der Waals surface area contributed by atoms with E-state index in [9.17, 15) is 18.0 Å². The molecule has 1 saturated heterocycles. The molecule has 0 unspecified atom stereocenters. The lowest BCUT2D eigenvalue weighted by Gasteiger charge is -2.33. The van der Waals surface area contributed by atoms with Crippen LogP contribution in [0.25, 0.3) is 0 Å². The van der Waals surface area contributed by atoms with Gasteiger partial charge in [0.15, 0.2) is 0 Å².